The van der Waals surface area contributed by atoms with Crippen LogP contribution in [0.4, 0.5) is 11.4 Å². The highest BCUT2D eigenvalue weighted by atomic mass is 32.2. The summed E-state index contributed by atoms with van der Waals surface area (Å²) in [6.45, 7) is 5.77. The molecule has 2 aromatic carbocycles. The predicted octanol–water partition coefficient (Wildman–Crippen LogP) is 3.39. The van der Waals surface area contributed by atoms with Crippen LogP contribution in [0.3, 0.4) is 0 Å². The first kappa shape index (κ1) is 27.4. The molecule has 2 heterocycles. The van der Waals surface area contributed by atoms with E-state index in [1.54, 1.807) is 48.0 Å². The van der Waals surface area contributed by atoms with Crippen molar-refractivity contribution >= 4 is 52.3 Å². The first-order chi connectivity index (χ1) is 17.9. The SMILES string of the molecule is COc1ccc(NC(=O)CC2C(=O)N(c3cccc(SC)c3)C(=S)N2CCCN2CCN(C)CC2)cc1. The summed E-state index contributed by atoms with van der Waals surface area (Å²) in [5, 5.41) is 3.37. The van der Waals surface area contributed by atoms with Crippen LogP contribution in [-0.2, 0) is 9.59 Å². The van der Waals surface area contributed by atoms with E-state index in [0.717, 1.165) is 49.7 Å². The second kappa shape index (κ2) is 12.7. The Kier molecular flexibility index (Phi) is 9.42. The molecule has 0 bridgehead atoms. The van der Waals surface area contributed by atoms with Crippen LogP contribution in [0, 0.1) is 0 Å². The van der Waals surface area contributed by atoms with Gasteiger partial charge in [-0.15, -0.1) is 11.8 Å². The van der Waals surface area contributed by atoms with Crippen molar-refractivity contribution in [2.45, 2.75) is 23.8 Å². The van der Waals surface area contributed by atoms with Crippen LogP contribution >= 0.6 is 24.0 Å². The van der Waals surface area contributed by atoms with Crippen LogP contribution < -0.4 is 15.0 Å². The van der Waals surface area contributed by atoms with E-state index in [0.29, 0.717) is 23.1 Å². The molecule has 8 nitrogen and oxygen atoms in total. The lowest BCUT2D eigenvalue weighted by Gasteiger charge is -2.33. The molecule has 37 heavy (non-hydrogen) atoms. The number of nitrogens with zero attached hydrogens (tertiary/aromatic N) is 4. The monoisotopic (exact) mass is 541 g/mol. The van der Waals surface area contributed by atoms with Gasteiger partial charge in [0.2, 0.25) is 5.91 Å². The van der Waals surface area contributed by atoms with Crippen LogP contribution in [0.2, 0.25) is 0 Å². The smallest absolute Gasteiger partial charge is 0.256 e. The molecule has 2 fully saturated rings. The van der Waals surface area contributed by atoms with Crippen molar-refractivity contribution in [1.82, 2.24) is 14.7 Å². The van der Waals surface area contributed by atoms with Crippen molar-refractivity contribution < 1.29 is 14.3 Å². The van der Waals surface area contributed by atoms with Gasteiger partial charge in [0.15, 0.2) is 5.11 Å². The number of anilines is 2. The molecule has 2 aromatic rings. The van der Waals surface area contributed by atoms with Gasteiger partial charge < -0.3 is 24.8 Å². The Morgan fingerprint density at radius 3 is 2.51 bits per heavy atom. The molecule has 10 heteroatoms. The lowest BCUT2D eigenvalue weighted by atomic mass is 10.1. The van der Waals surface area contributed by atoms with Gasteiger partial charge in [-0.2, -0.15) is 0 Å². The van der Waals surface area contributed by atoms with Crippen LogP contribution in [0.1, 0.15) is 12.8 Å². The standard InChI is InChI=1S/C27H35N5O3S2/c1-29-14-16-30(17-15-29)12-5-13-31-24(19-25(33)28-20-8-10-22(35-2)11-9-20)26(34)32(27(31)36)21-6-4-7-23(18-21)37-3/h4,6-11,18,24H,5,12-17,19H2,1-3H3,(H,28,33). The zero-order valence-electron chi connectivity index (χ0n) is 21.7. The van der Waals surface area contributed by atoms with Crippen LogP contribution in [0.15, 0.2) is 53.4 Å². The van der Waals surface area contributed by atoms with E-state index in [1.807, 2.05) is 35.4 Å². The Labute approximate surface area is 228 Å². The zero-order valence-corrected chi connectivity index (χ0v) is 23.3. The van der Waals surface area contributed by atoms with Crippen LogP contribution in [0.25, 0.3) is 0 Å². The Hall–Kier alpha value is -2.66. The lowest BCUT2D eigenvalue weighted by Crippen LogP contribution is -2.45. The number of thiocarbonyl (C=S) groups is 1. The number of amides is 2. The number of carbonyl (C=O) groups is 2. The highest BCUT2D eigenvalue weighted by Gasteiger charge is 2.44. The van der Waals surface area contributed by atoms with E-state index in [-0.39, 0.29) is 18.2 Å². The van der Waals surface area contributed by atoms with Gasteiger partial charge in [0, 0.05) is 43.3 Å². The summed E-state index contributed by atoms with van der Waals surface area (Å²) in [5.41, 5.74) is 1.40. The number of ether oxygens (including phenoxy) is 1. The number of carbonyl (C=O) groups excluding carboxylic acids is 2. The van der Waals surface area contributed by atoms with Gasteiger partial charge in [-0.3, -0.25) is 14.5 Å². The van der Waals surface area contributed by atoms with Gasteiger partial charge in [0.1, 0.15) is 11.8 Å². The van der Waals surface area contributed by atoms with Gasteiger partial charge in [0.25, 0.3) is 5.91 Å². The van der Waals surface area contributed by atoms with E-state index >= 15 is 0 Å². The van der Waals surface area contributed by atoms with Gasteiger partial charge >= 0.3 is 0 Å². The van der Waals surface area contributed by atoms with Gasteiger partial charge in [0.05, 0.1) is 19.2 Å². The number of methoxy groups -OCH3 is 1. The fraction of sp³-hybridized carbons (Fsp3) is 0.444. The number of hydrogen-bond acceptors (Lipinski definition) is 7. The largest absolute Gasteiger partial charge is 0.497 e. The van der Waals surface area contributed by atoms with E-state index in [4.69, 9.17) is 17.0 Å². The molecular formula is C27H35N5O3S2. The summed E-state index contributed by atoms with van der Waals surface area (Å²) in [5.74, 6) is 0.326. The minimum atomic E-state index is -0.642. The van der Waals surface area contributed by atoms with Crippen LogP contribution in [-0.4, -0.2) is 97.4 Å². The maximum atomic E-state index is 13.7. The highest BCUT2D eigenvalue weighted by Crippen LogP contribution is 2.30. The molecule has 4 rings (SSSR count). The third-order valence-electron chi connectivity index (χ3n) is 6.85. The predicted molar refractivity (Wildman–Crippen MR) is 154 cm³/mol. The summed E-state index contributed by atoms with van der Waals surface area (Å²) < 4.78 is 5.19. The molecule has 0 spiro atoms. The number of likely N-dealkylation sites (N-methyl/N-ethyl adjacent to an activating group) is 1. The summed E-state index contributed by atoms with van der Waals surface area (Å²) in [6, 6.07) is 14.3. The van der Waals surface area contributed by atoms with Crippen molar-refractivity contribution in [2.24, 2.45) is 0 Å². The first-order valence-electron chi connectivity index (χ1n) is 12.5. The number of thioether (sulfide) groups is 1. The molecule has 0 saturated carbocycles. The quantitative estimate of drug-likeness (QED) is 0.363. The molecule has 2 aliphatic rings. The molecule has 2 aliphatic heterocycles. The molecule has 1 N–H and O–H groups in total. The van der Waals surface area contributed by atoms with Crippen molar-refractivity contribution in [1.29, 1.82) is 0 Å². The van der Waals surface area contributed by atoms with Gasteiger partial charge in [-0.25, -0.2) is 0 Å². The Bertz CT molecular complexity index is 1110. The van der Waals surface area contributed by atoms with E-state index in [9.17, 15) is 9.59 Å². The summed E-state index contributed by atoms with van der Waals surface area (Å²) in [7, 11) is 3.75. The number of benzene rings is 2. The van der Waals surface area contributed by atoms with Crippen molar-refractivity contribution in [2.75, 3.05) is 69.9 Å². The summed E-state index contributed by atoms with van der Waals surface area (Å²) >= 11 is 7.44. The van der Waals surface area contributed by atoms with Gasteiger partial charge in [-0.05, 0) is 81.0 Å². The Morgan fingerprint density at radius 2 is 1.84 bits per heavy atom. The second-order valence-corrected chi connectivity index (χ2v) is 10.6. The topological polar surface area (TPSA) is 68.4 Å². The average Bonchev–Trinajstić information content (AvgIpc) is 3.14. The molecule has 198 valence electrons. The molecule has 0 aromatic heterocycles. The average molecular weight is 542 g/mol. The molecule has 2 amide bonds. The van der Waals surface area contributed by atoms with Crippen LogP contribution in [0.5, 0.6) is 5.75 Å². The maximum absolute atomic E-state index is 13.7. The fourth-order valence-corrected chi connectivity index (χ4v) is 5.54. The van der Waals surface area contributed by atoms with E-state index in [1.165, 1.54) is 0 Å². The second-order valence-electron chi connectivity index (χ2n) is 9.35. The minimum Gasteiger partial charge on any atom is -0.497 e. The number of piperazine rings is 1. The normalized spacial score (nSPS) is 18.9. The molecule has 2 saturated heterocycles. The number of rotatable bonds is 10. The third kappa shape index (κ3) is 6.81. The maximum Gasteiger partial charge on any atom is 0.256 e. The third-order valence-corrected chi connectivity index (χ3v) is 7.99. The van der Waals surface area contributed by atoms with E-state index < -0.39 is 6.04 Å². The fourth-order valence-electron chi connectivity index (χ4n) is 4.67. The molecule has 1 atom stereocenters. The van der Waals surface area contributed by atoms with Crippen molar-refractivity contribution in [3.8, 4) is 5.75 Å². The highest BCUT2D eigenvalue weighted by molar-refractivity contribution is 7.98. The molecular weight excluding hydrogens is 506 g/mol. The van der Waals surface area contributed by atoms with E-state index in [2.05, 4.69) is 22.2 Å². The lowest BCUT2D eigenvalue weighted by molar-refractivity contribution is -0.124. The molecule has 1 unspecified atom stereocenters. The zero-order chi connectivity index (χ0) is 26.4. The molecule has 0 radical (unpaired) electrons. The Morgan fingerprint density at radius 1 is 1.11 bits per heavy atom. The van der Waals surface area contributed by atoms with Crippen molar-refractivity contribution in [3.05, 3.63) is 48.5 Å². The first-order valence-corrected chi connectivity index (χ1v) is 14.2. The molecule has 0 aliphatic carbocycles. The number of nitrogens with one attached hydrogen (secondary N) is 1. The van der Waals surface area contributed by atoms with Gasteiger partial charge in [-0.1, -0.05) is 6.07 Å². The summed E-state index contributed by atoms with van der Waals surface area (Å²) in [4.78, 5) is 36.1. The summed E-state index contributed by atoms with van der Waals surface area (Å²) in [6.07, 6.45) is 2.89. The number of hydrogen-bond donors (Lipinski definition) is 1. The minimum absolute atomic E-state index is 0.0260. The van der Waals surface area contributed by atoms with Crippen molar-refractivity contribution in [3.63, 3.8) is 0 Å². The Balaban J connectivity index is 1.47.